The highest BCUT2D eigenvalue weighted by Gasteiger charge is 2.34. The molecule has 1 unspecified atom stereocenters. The lowest BCUT2D eigenvalue weighted by Crippen LogP contribution is -2.37. The molecule has 1 N–H and O–H groups in total. The van der Waals surface area contributed by atoms with E-state index in [0.29, 0.717) is 11.4 Å². The Morgan fingerprint density at radius 1 is 1.50 bits per heavy atom. The van der Waals surface area contributed by atoms with Crippen molar-refractivity contribution in [1.82, 2.24) is 9.88 Å². The average molecular weight is 296 g/mol. The second-order valence-corrected chi connectivity index (χ2v) is 7.03. The Morgan fingerprint density at radius 2 is 2.20 bits per heavy atom. The van der Waals surface area contributed by atoms with Crippen LogP contribution in [0.15, 0.2) is 5.51 Å². The number of carbonyl (C=O) groups excluding carboxylic acids is 1. The van der Waals surface area contributed by atoms with Crippen molar-refractivity contribution in [3.63, 3.8) is 0 Å². The lowest BCUT2D eigenvalue weighted by molar-refractivity contribution is -0.137. The monoisotopic (exact) mass is 296 g/mol. The number of rotatable bonds is 3. The molecule has 1 aliphatic heterocycles. The molecule has 2 heterocycles. The van der Waals surface area contributed by atoms with Crippen LogP contribution in [-0.2, 0) is 10.2 Å². The predicted octanol–water partition coefficient (Wildman–Crippen LogP) is 2.52. The third kappa shape index (κ3) is 3.00. The number of carboxylic acids is 1. The number of hydrogen-bond donors (Lipinski definition) is 1. The highest BCUT2D eigenvalue weighted by molar-refractivity contribution is 7.11. The minimum Gasteiger partial charge on any atom is -0.481 e. The van der Waals surface area contributed by atoms with Gasteiger partial charge in [-0.15, -0.1) is 11.3 Å². The highest BCUT2D eigenvalue weighted by atomic mass is 32.1. The van der Waals surface area contributed by atoms with Crippen molar-refractivity contribution in [2.75, 3.05) is 6.54 Å². The van der Waals surface area contributed by atoms with E-state index in [1.54, 1.807) is 10.4 Å². The molecule has 0 saturated carbocycles. The van der Waals surface area contributed by atoms with Gasteiger partial charge in [0, 0.05) is 18.0 Å². The van der Waals surface area contributed by atoms with E-state index < -0.39 is 5.97 Å². The smallest absolute Gasteiger partial charge is 0.305 e. The standard InChI is InChI=1S/C14H20N2O3S/c1-14(2,3)12-11(20-8-15-12)13(19)16-6-4-5-9(16)7-10(17)18/h8-9H,4-7H2,1-3H3,(H,17,18). The van der Waals surface area contributed by atoms with Crippen molar-refractivity contribution >= 4 is 23.2 Å². The first-order valence-electron chi connectivity index (χ1n) is 6.77. The Labute approximate surface area is 122 Å². The van der Waals surface area contributed by atoms with Crippen molar-refractivity contribution in [1.29, 1.82) is 0 Å². The van der Waals surface area contributed by atoms with Crippen LogP contribution in [0.5, 0.6) is 0 Å². The van der Waals surface area contributed by atoms with Gasteiger partial charge < -0.3 is 10.0 Å². The Hall–Kier alpha value is -1.43. The van der Waals surface area contributed by atoms with E-state index in [4.69, 9.17) is 5.11 Å². The third-order valence-electron chi connectivity index (χ3n) is 3.52. The lowest BCUT2D eigenvalue weighted by Gasteiger charge is -2.25. The first-order valence-corrected chi connectivity index (χ1v) is 7.65. The van der Waals surface area contributed by atoms with E-state index >= 15 is 0 Å². The van der Waals surface area contributed by atoms with Gasteiger partial charge in [-0.3, -0.25) is 9.59 Å². The quantitative estimate of drug-likeness (QED) is 0.930. The van der Waals surface area contributed by atoms with Gasteiger partial charge in [-0.1, -0.05) is 20.8 Å². The summed E-state index contributed by atoms with van der Waals surface area (Å²) < 4.78 is 0. The fraction of sp³-hybridized carbons (Fsp3) is 0.643. The summed E-state index contributed by atoms with van der Waals surface area (Å²) in [5.41, 5.74) is 2.30. The molecule has 0 aliphatic carbocycles. The number of hydrogen-bond acceptors (Lipinski definition) is 4. The van der Waals surface area contributed by atoms with Crippen LogP contribution in [0, 0.1) is 0 Å². The van der Waals surface area contributed by atoms with Gasteiger partial charge in [0.15, 0.2) is 0 Å². The van der Waals surface area contributed by atoms with Crippen LogP contribution in [0.25, 0.3) is 0 Å². The first kappa shape index (κ1) is 15.0. The topological polar surface area (TPSA) is 70.5 Å². The molecule has 1 aromatic rings. The Morgan fingerprint density at radius 3 is 2.80 bits per heavy atom. The summed E-state index contributed by atoms with van der Waals surface area (Å²) in [7, 11) is 0. The van der Waals surface area contributed by atoms with E-state index in [1.807, 2.05) is 20.8 Å². The van der Waals surface area contributed by atoms with Crippen LogP contribution in [0.3, 0.4) is 0 Å². The number of nitrogens with zero attached hydrogens (tertiary/aromatic N) is 2. The van der Waals surface area contributed by atoms with Crippen LogP contribution < -0.4 is 0 Å². The second-order valence-electron chi connectivity index (χ2n) is 6.17. The van der Waals surface area contributed by atoms with Gasteiger partial charge in [0.2, 0.25) is 0 Å². The van der Waals surface area contributed by atoms with Crippen LogP contribution in [-0.4, -0.2) is 39.5 Å². The summed E-state index contributed by atoms with van der Waals surface area (Å²) in [6.07, 6.45) is 1.66. The van der Waals surface area contributed by atoms with Crippen molar-refractivity contribution in [3.05, 3.63) is 16.1 Å². The number of aliphatic carboxylic acids is 1. The fourth-order valence-electron chi connectivity index (χ4n) is 2.58. The van der Waals surface area contributed by atoms with E-state index in [-0.39, 0.29) is 23.8 Å². The molecule has 1 aliphatic rings. The molecule has 1 amide bonds. The Kier molecular flexibility index (Phi) is 4.13. The van der Waals surface area contributed by atoms with Crippen LogP contribution in [0.4, 0.5) is 0 Å². The summed E-state index contributed by atoms with van der Waals surface area (Å²) in [5, 5.41) is 8.94. The van der Waals surface area contributed by atoms with Crippen LogP contribution >= 0.6 is 11.3 Å². The molecule has 20 heavy (non-hydrogen) atoms. The zero-order valence-electron chi connectivity index (χ0n) is 12.0. The van der Waals surface area contributed by atoms with Crippen LogP contribution in [0.2, 0.25) is 0 Å². The van der Waals surface area contributed by atoms with E-state index in [0.717, 1.165) is 18.5 Å². The molecule has 5 nitrogen and oxygen atoms in total. The molecule has 0 spiro atoms. The van der Waals surface area contributed by atoms with Gasteiger partial charge in [-0.05, 0) is 12.8 Å². The summed E-state index contributed by atoms with van der Waals surface area (Å²) in [5.74, 6) is -0.920. The third-order valence-corrected chi connectivity index (χ3v) is 4.33. The predicted molar refractivity (Wildman–Crippen MR) is 77.1 cm³/mol. The molecule has 6 heteroatoms. The van der Waals surface area contributed by atoms with Crippen LogP contribution in [0.1, 0.15) is 55.4 Å². The molecule has 1 fully saturated rings. The molecule has 1 saturated heterocycles. The molecule has 1 atom stereocenters. The van der Waals surface area contributed by atoms with Gasteiger partial charge in [-0.2, -0.15) is 0 Å². The largest absolute Gasteiger partial charge is 0.481 e. The fourth-order valence-corrected chi connectivity index (χ4v) is 3.53. The maximum Gasteiger partial charge on any atom is 0.305 e. The van der Waals surface area contributed by atoms with E-state index in [9.17, 15) is 9.59 Å². The number of amides is 1. The molecular weight excluding hydrogens is 276 g/mol. The van der Waals surface area contributed by atoms with Crippen molar-refractivity contribution in [2.24, 2.45) is 0 Å². The normalized spacial score (nSPS) is 19.4. The summed E-state index contributed by atoms with van der Waals surface area (Å²) in [6, 6.07) is -0.185. The minimum absolute atomic E-state index is 0.0232. The lowest BCUT2D eigenvalue weighted by atomic mass is 9.91. The second kappa shape index (κ2) is 5.52. The maximum absolute atomic E-state index is 12.7. The molecule has 0 bridgehead atoms. The first-order chi connectivity index (χ1) is 9.30. The SMILES string of the molecule is CC(C)(C)c1ncsc1C(=O)N1CCCC1CC(=O)O. The highest BCUT2D eigenvalue weighted by Crippen LogP contribution is 2.30. The maximum atomic E-state index is 12.7. The Balaban J connectivity index is 2.23. The van der Waals surface area contributed by atoms with Crippen molar-refractivity contribution in [2.45, 2.75) is 51.5 Å². The van der Waals surface area contributed by atoms with Gasteiger partial charge in [0.1, 0.15) is 4.88 Å². The summed E-state index contributed by atoms with van der Waals surface area (Å²) in [4.78, 5) is 30.2. The molecule has 2 rings (SSSR count). The van der Waals surface area contributed by atoms with Gasteiger partial charge in [0.25, 0.3) is 5.91 Å². The van der Waals surface area contributed by atoms with Crippen molar-refractivity contribution < 1.29 is 14.7 Å². The van der Waals surface area contributed by atoms with Gasteiger partial charge in [0.05, 0.1) is 17.6 Å². The number of likely N-dealkylation sites (tertiary alicyclic amines) is 1. The van der Waals surface area contributed by atoms with E-state index in [2.05, 4.69) is 4.98 Å². The zero-order chi connectivity index (χ0) is 14.9. The van der Waals surface area contributed by atoms with Gasteiger partial charge in [-0.25, -0.2) is 4.98 Å². The zero-order valence-corrected chi connectivity index (χ0v) is 12.9. The Bertz CT molecular complexity index is 519. The summed E-state index contributed by atoms with van der Waals surface area (Å²) in [6.45, 7) is 6.71. The molecule has 0 radical (unpaired) electrons. The minimum atomic E-state index is -0.852. The number of thiazole rings is 1. The molecule has 0 aromatic carbocycles. The van der Waals surface area contributed by atoms with Crippen molar-refractivity contribution in [3.8, 4) is 0 Å². The molecule has 110 valence electrons. The van der Waals surface area contributed by atoms with Gasteiger partial charge >= 0.3 is 5.97 Å². The summed E-state index contributed by atoms with van der Waals surface area (Å²) >= 11 is 1.34. The number of aromatic nitrogens is 1. The number of carbonyl (C=O) groups is 2. The number of carboxylic acid groups (broad SMARTS) is 1. The molecular formula is C14H20N2O3S. The van der Waals surface area contributed by atoms with E-state index in [1.165, 1.54) is 11.3 Å². The average Bonchev–Trinajstić information content (AvgIpc) is 2.93. The molecule has 1 aromatic heterocycles.